The number of halogens is 1. The normalized spacial score (nSPS) is 15.6. The average Bonchev–Trinajstić information content (AvgIpc) is 3.27. The Labute approximate surface area is 192 Å². The van der Waals surface area contributed by atoms with E-state index in [0.717, 1.165) is 12.0 Å². The summed E-state index contributed by atoms with van der Waals surface area (Å²) in [6, 6.07) is 15.0. The maximum atomic E-state index is 12.7. The van der Waals surface area contributed by atoms with E-state index in [-0.39, 0.29) is 17.7 Å². The SMILES string of the molecule is Cc1ccc(CC(=O)N2CCC(c3ncc(C(=O)Nc4ccc(Cl)cc4)c(C)n3)C2)cc1. The minimum atomic E-state index is -0.266. The molecule has 0 aliphatic carbocycles. The van der Waals surface area contributed by atoms with E-state index in [1.807, 2.05) is 36.1 Å². The van der Waals surface area contributed by atoms with Gasteiger partial charge in [-0.1, -0.05) is 41.4 Å². The first-order valence-electron chi connectivity index (χ1n) is 10.6. The third-order valence-corrected chi connectivity index (χ3v) is 5.98. The number of hydrogen-bond acceptors (Lipinski definition) is 4. The molecule has 2 amide bonds. The van der Waals surface area contributed by atoms with Crippen LogP contribution in [0.2, 0.25) is 5.02 Å². The van der Waals surface area contributed by atoms with Gasteiger partial charge in [-0.25, -0.2) is 9.97 Å². The molecule has 2 aromatic carbocycles. The van der Waals surface area contributed by atoms with E-state index in [9.17, 15) is 9.59 Å². The van der Waals surface area contributed by atoms with Crippen molar-refractivity contribution >= 4 is 29.1 Å². The van der Waals surface area contributed by atoms with Gasteiger partial charge in [0.2, 0.25) is 5.91 Å². The Morgan fingerprint density at radius 3 is 2.50 bits per heavy atom. The molecule has 1 saturated heterocycles. The van der Waals surface area contributed by atoms with Gasteiger partial charge in [0.15, 0.2) is 0 Å². The smallest absolute Gasteiger partial charge is 0.259 e. The minimum Gasteiger partial charge on any atom is -0.342 e. The maximum absolute atomic E-state index is 12.7. The molecule has 164 valence electrons. The summed E-state index contributed by atoms with van der Waals surface area (Å²) in [6.45, 7) is 5.12. The van der Waals surface area contributed by atoms with Crippen LogP contribution in [0.1, 0.15) is 45.3 Å². The number of carbonyl (C=O) groups excluding carboxylic acids is 2. The molecule has 7 heteroatoms. The van der Waals surface area contributed by atoms with E-state index < -0.39 is 0 Å². The summed E-state index contributed by atoms with van der Waals surface area (Å²) in [5.41, 5.74) is 3.90. The summed E-state index contributed by atoms with van der Waals surface area (Å²) in [4.78, 5) is 36.2. The lowest BCUT2D eigenvalue weighted by atomic mass is 10.1. The first kappa shape index (κ1) is 22.0. The highest BCUT2D eigenvalue weighted by Crippen LogP contribution is 2.26. The fourth-order valence-electron chi connectivity index (χ4n) is 3.83. The first-order chi connectivity index (χ1) is 15.4. The molecule has 1 atom stereocenters. The molecule has 1 aliphatic rings. The summed E-state index contributed by atoms with van der Waals surface area (Å²) in [6.07, 6.45) is 2.78. The van der Waals surface area contributed by atoms with Crippen LogP contribution >= 0.6 is 11.6 Å². The molecule has 4 rings (SSSR count). The highest BCUT2D eigenvalue weighted by atomic mass is 35.5. The van der Waals surface area contributed by atoms with Gasteiger partial charge in [0.25, 0.3) is 5.91 Å². The number of anilines is 1. The Hall–Kier alpha value is -3.25. The van der Waals surface area contributed by atoms with Crippen LogP contribution in [0.3, 0.4) is 0 Å². The second-order valence-corrected chi connectivity index (χ2v) is 8.61. The van der Waals surface area contributed by atoms with Crippen molar-refractivity contribution in [3.63, 3.8) is 0 Å². The summed E-state index contributed by atoms with van der Waals surface area (Å²) < 4.78 is 0. The quantitative estimate of drug-likeness (QED) is 0.621. The fourth-order valence-corrected chi connectivity index (χ4v) is 3.95. The molecule has 0 radical (unpaired) electrons. The lowest BCUT2D eigenvalue weighted by Gasteiger charge is -2.17. The third-order valence-electron chi connectivity index (χ3n) is 5.73. The van der Waals surface area contributed by atoms with Gasteiger partial charge in [0.1, 0.15) is 5.82 Å². The molecule has 0 saturated carbocycles. The maximum Gasteiger partial charge on any atom is 0.259 e. The number of aryl methyl sites for hydroxylation is 2. The van der Waals surface area contributed by atoms with Crippen molar-refractivity contribution in [2.24, 2.45) is 0 Å². The standard InChI is InChI=1S/C25H25ClN4O2/c1-16-3-5-18(6-4-16)13-23(31)30-12-11-19(15-30)24-27-14-22(17(2)28-24)25(32)29-21-9-7-20(26)8-10-21/h3-10,14,19H,11-13,15H2,1-2H3,(H,29,32). The van der Waals surface area contributed by atoms with Gasteiger partial charge >= 0.3 is 0 Å². The summed E-state index contributed by atoms with van der Waals surface area (Å²) >= 11 is 5.89. The molecular formula is C25H25ClN4O2. The topological polar surface area (TPSA) is 75.2 Å². The van der Waals surface area contributed by atoms with Crippen molar-refractivity contribution in [1.82, 2.24) is 14.9 Å². The molecule has 0 spiro atoms. The van der Waals surface area contributed by atoms with Gasteiger partial charge in [-0.15, -0.1) is 0 Å². The molecule has 1 aliphatic heterocycles. The summed E-state index contributed by atoms with van der Waals surface area (Å²) in [5.74, 6) is 0.602. The Kier molecular flexibility index (Phi) is 6.51. The lowest BCUT2D eigenvalue weighted by molar-refractivity contribution is -0.129. The van der Waals surface area contributed by atoms with Crippen LogP contribution in [0.15, 0.2) is 54.7 Å². The number of hydrogen-bond donors (Lipinski definition) is 1. The number of amides is 2. The first-order valence-corrected chi connectivity index (χ1v) is 11.0. The average molecular weight is 449 g/mol. The number of aromatic nitrogens is 2. The monoisotopic (exact) mass is 448 g/mol. The number of carbonyl (C=O) groups is 2. The zero-order valence-electron chi connectivity index (χ0n) is 18.1. The van der Waals surface area contributed by atoms with Crippen molar-refractivity contribution in [2.45, 2.75) is 32.6 Å². The Balaban J connectivity index is 1.38. The molecule has 1 unspecified atom stereocenters. The van der Waals surface area contributed by atoms with Crippen LogP contribution < -0.4 is 5.32 Å². The van der Waals surface area contributed by atoms with Crippen molar-refractivity contribution in [3.8, 4) is 0 Å². The van der Waals surface area contributed by atoms with Gasteiger partial charge in [0.05, 0.1) is 17.7 Å². The molecule has 1 aromatic heterocycles. The van der Waals surface area contributed by atoms with Crippen molar-refractivity contribution < 1.29 is 9.59 Å². The Bertz CT molecular complexity index is 1130. The molecule has 6 nitrogen and oxygen atoms in total. The van der Waals surface area contributed by atoms with E-state index in [4.69, 9.17) is 11.6 Å². The van der Waals surface area contributed by atoms with Gasteiger partial charge in [0, 0.05) is 35.9 Å². The van der Waals surface area contributed by atoms with Crippen molar-refractivity contribution in [3.05, 3.63) is 88.0 Å². The van der Waals surface area contributed by atoms with E-state index in [0.29, 0.717) is 47.3 Å². The number of rotatable bonds is 5. The highest BCUT2D eigenvalue weighted by molar-refractivity contribution is 6.30. The number of benzene rings is 2. The second kappa shape index (κ2) is 9.49. The molecule has 2 heterocycles. The second-order valence-electron chi connectivity index (χ2n) is 8.18. The highest BCUT2D eigenvalue weighted by Gasteiger charge is 2.29. The lowest BCUT2D eigenvalue weighted by Crippen LogP contribution is -2.30. The van der Waals surface area contributed by atoms with Gasteiger partial charge in [-0.3, -0.25) is 9.59 Å². The number of nitrogens with zero attached hydrogens (tertiary/aromatic N) is 3. The molecule has 3 aromatic rings. The van der Waals surface area contributed by atoms with E-state index in [2.05, 4.69) is 15.3 Å². The zero-order valence-corrected chi connectivity index (χ0v) is 18.9. The largest absolute Gasteiger partial charge is 0.342 e. The van der Waals surface area contributed by atoms with E-state index in [1.54, 1.807) is 37.4 Å². The van der Waals surface area contributed by atoms with Gasteiger partial charge < -0.3 is 10.2 Å². The van der Waals surface area contributed by atoms with Crippen LogP contribution in [0.4, 0.5) is 5.69 Å². The zero-order chi connectivity index (χ0) is 22.7. The van der Waals surface area contributed by atoms with Gasteiger partial charge in [-0.05, 0) is 50.1 Å². The Morgan fingerprint density at radius 1 is 1.09 bits per heavy atom. The summed E-state index contributed by atoms with van der Waals surface area (Å²) in [7, 11) is 0. The minimum absolute atomic E-state index is 0.0732. The Morgan fingerprint density at radius 2 is 1.81 bits per heavy atom. The van der Waals surface area contributed by atoms with Crippen LogP contribution in [-0.4, -0.2) is 39.8 Å². The fraction of sp³-hybridized carbons (Fsp3) is 0.280. The van der Waals surface area contributed by atoms with Crippen molar-refractivity contribution in [1.29, 1.82) is 0 Å². The summed E-state index contributed by atoms with van der Waals surface area (Å²) in [5, 5.41) is 3.44. The van der Waals surface area contributed by atoms with Crippen LogP contribution in [-0.2, 0) is 11.2 Å². The number of nitrogens with one attached hydrogen (secondary N) is 1. The van der Waals surface area contributed by atoms with Crippen LogP contribution in [0, 0.1) is 13.8 Å². The molecule has 1 fully saturated rings. The molecular weight excluding hydrogens is 424 g/mol. The van der Waals surface area contributed by atoms with Crippen LogP contribution in [0.25, 0.3) is 0 Å². The number of likely N-dealkylation sites (tertiary alicyclic amines) is 1. The van der Waals surface area contributed by atoms with E-state index in [1.165, 1.54) is 5.56 Å². The predicted octanol–water partition coefficient (Wildman–Crippen LogP) is 4.56. The molecule has 32 heavy (non-hydrogen) atoms. The molecule has 0 bridgehead atoms. The van der Waals surface area contributed by atoms with Crippen LogP contribution in [0.5, 0.6) is 0 Å². The van der Waals surface area contributed by atoms with Crippen molar-refractivity contribution in [2.75, 3.05) is 18.4 Å². The van der Waals surface area contributed by atoms with Gasteiger partial charge in [-0.2, -0.15) is 0 Å². The molecule has 1 N–H and O–H groups in total. The van der Waals surface area contributed by atoms with E-state index >= 15 is 0 Å². The predicted molar refractivity (Wildman–Crippen MR) is 125 cm³/mol. The third kappa shape index (κ3) is 5.14.